The van der Waals surface area contributed by atoms with E-state index < -0.39 is 0 Å². The van der Waals surface area contributed by atoms with Crippen molar-refractivity contribution in [1.82, 2.24) is 9.88 Å². The first-order chi connectivity index (χ1) is 5.36. The standard InChI is InChI=1S/C8H10N2O/c11-8(10-4-5-10)6-7-2-1-3-9-7/h1-3,9H,4-6H2. The third kappa shape index (κ3) is 1.42. The van der Waals surface area contributed by atoms with Crippen LogP contribution in [-0.4, -0.2) is 28.9 Å². The van der Waals surface area contributed by atoms with E-state index in [9.17, 15) is 4.79 Å². The van der Waals surface area contributed by atoms with Gasteiger partial charge in [0.05, 0.1) is 6.42 Å². The Labute approximate surface area is 65.0 Å². The van der Waals surface area contributed by atoms with Crippen molar-refractivity contribution in [3.63, 3.8) is 0 Å². The Kier molecular flexibility index (Phi) is 1.42. The number of nitrogens with zero attached hydrogens (tertiary/aromatic N) is 1. The molecule has 0 atom stereocenters. The van der Waals surface area contributed by atoms with Crippen LogP contribution in [0.15, 0.2) is 18.3 Å². The van der Waals surface area contributed by atoms with Crippen molar-refractivity contribution in [1.29, 1.82) is 0 Å². The zero-order chi connectivity index (χ0) is 7.68. The number of hydrogen-bond acceptors (Lipinski definition) is 1. The molecule has 0 bridgehead atoms. The number of carbonyl (C=O) groups excluding carboxylic acids is 1. The molecule has 1 aromatic heterocycles. The topological polar surface area (TPSA) is 35.9 Å². The van der Waals surface area contributed by atoms with Crippen LogP contribution in [0.4, 0.5) is 0 Å². The van der Waals surface area contributed by atoms with Gasteiger partial charge in [-0.15, -0.1) is 0 Å². The van der Waals surface area contributed by atoms with Gasteiger partial charge in [-0.3, -0.25) is 4.79 Å². The summed E-state index contributed by atoms with van der Waals surface area (Å²) in [5.74, 6) is 0.229. The Balaban J connectivity index is 1.94. The Morgan fingerprint density at radius 2 is 2.45 bits per heavy atom. The van der Waals surface area contributed by atoms with Crippen molar-refractivity contribution in [2.24, 2.45) is 0 Å². The number of rotatable bonds is 2. The van der Waals surface area contributed by atoms with Crippen LogP contribution in [0.5, 0.6) is 0 Å². The van der Waals surface area contributed by atoms with Gasteiger partial charge in [-0.05, 0) is 12.1 Å². The van der Waals surface area contributed by atoms with Crippen LogP contribution in [0.25, 0.3) is 0 Å². The maximum Gasteiger partial charge on any atom is 0.228 e. The van der Waals surface area contributed by atoms with Crippen LogP contribution in [0.1, 0.15) is 5.69 Å². The number of nitrogens with one attached hydrogen (secondary N) is 1. The lowest BCUT2D eigenvalue weighted by molar-refractivity contribution is -0.125. The Morgan fingerprint density at radius 1 is 1.64 bits per heavy atom. The number of hydrogen-bond donors (Lipinski definition) is 1. The van der Waals surface area contributed by atoms with Crippen molar-refractivity contribution >= 4 is 5.91 Å². The molecule has 3 heteroatoms. The van der Waals surface area contributed by atoms with Crippen LogP contribution >= 0.6 is 0 Å². The van der Waals surface area contributed by atoms with Gasteiger partial charge in [0.1, 0.15) is 0 Å². The van der Waals surface area contributed by atoms with E-state index in [2.05, 4.69) is 4.98 Å². The van der Waals surface area contributed by atoms with Gasteiger partial charge in [0, 0.05) is 25.0 Å². The highest BCUT2D eigenvalue weighted by atomic mass is 16.2. The molecule has 2 heterocycles. The zero-order valence-electron chi connectivity index (χ0n) is 6.21. The molecule has 11 heavy (non-hydrogen) atoms. The van der Waals surface area contributed by atoms with Crippen LogP contribution in [0.3, 0.4) is 0 Å². The molecule has 3 nitrogen and oxygen atoms in total. The Bertz CT molecular complexity index is 249. The van der Waals surface area contributed by atoms with E-state index in [0.29, 0.717) is 6.42 Å². The lowest BCUT2D eigenvalue weighted by atomic mass is 10.3. The Morgan fingerprint density at radius 3 is 3.00 bits per heavy atom. The summed E-state index contributed by atoms with van der Waals surface area (Å²) >= 11 is 0. The van der Waals surface area contributed by atoms with Gasteiger partial charge in [0.15, 0.2) is 0 Å². The van der Waals surface area contributed by atoms with Gasteiger partial charge in [-0.2, -0.15) is 0 Å². The molecule has 0 aromatic carbocycles. The fraction of sp³-hybridized carbons (Fsp3) is 0.375. The number of H-pyrrole nitrogens is 1. The molecule has 2 rings (SSSR count). The summed E-state index contributed by atoms with van der Waals surface area (Å²) < 4.78 is 0. The second kappa shape index (κ2) is 2.42. The van der Waals surface area contributed by atoms with E-state index >= 15 is 0 Å². The fourth-order valence-corrected chi connectivity index (χ4v) is 1.05. The first-order valence-electron chi connectivity index (χ1n) is 3.76. The van der Waals surface area contributed by atoms with Gasteiger partial charge >= 0.3 is 0 Å². The molecule has 58 valence electrons. The maximum absolute atomic E-state index is 11.2. The smallest absolute Gasteiger partial charge is 0.228 e. The second-order valence-electron chi connectivity index (χ2n) is 2.75. The SMILES string of the molecule is O=C(Cc1ccc[nH]1)N1CC1. The molecule has 1 fully saturated rings. The first-order valence-corrected chi connectivity index (χ1v) is 3.76. The van der Waals surface area contributed by atoms with E-state index in [4.69, 9.17) is 0 Å². The number of aromatic amines is 1. The zero-order valence-corrected chi connectivity index (χ0v) is 6.21. The van der Waals surface area contributed by atoms with Crippen LogP contribution in [-0.2, 0) is 11.2 Å². The summed E-state index contributed by atoms with van der Waals surface area (Å²) in [4.78, 5) is 16.0. The minimum absolute atomic E-state index is 0.229. The average molecular weight is 150 g/mol. The molecule has 1 aliphatic heterocycles. The number of amides is 1. The predicted octanol–water partition coefficient (Wildman–Crippen LogP) is 0.399. The van der Waals surface area contributed by atoms with E-state index in [0.717, 1.165) is 18.8 Å². The van der Waals surface area contributed by atoms with Gasteiger partial charge < -0.3 is 9.88 Å². The van der Waals surface area contributed by atoms with Crippen molar-refractivity contribution < 1.29 is 4.79 Å². The highest BCUT2D eigenvalue weighted by molar-refractivity contribution is 5.80. The summed E-state index contributed by atoms with van der Waals surface area (Å²) in [5, 5.41) is 0. The highest BCUT2D eigenvalue weighted by Crippen LogP contribution is 2.07. The molecule has 1 saturated heterocycles. The molecule has 1 amide bonds. The molecule has 0 saturated carbocycles. The van der Waals surface area contributed by atoms with E-state index in [1.54, 1.807) is 0 Å². The monoisotopic (exact) mass is 150 g/mol. The molecule has 0 aliphatic carbocycles. The molecule has 1 aromatic rings. The molecule has 1 N–H and O–H groups in total. The molecular weight excluding hydrogens is 140 g/mol. The van der Waals surface area contributed by atoms with Crippen molar-refractivity contribution in [2.75, 3.05) is 13.1 Å². The minimum Gasteiger partial charge on any atom is -0.365 e. The third-order valence-electron chi connectivity index (χ3n) is 1.80. The van der Waals surface area contributed by atoms with Gasteiger partial charge in [-0.25, -0.2) is 0 Å². The van der Waals surface area contributed by atoms with E-state index in [1.165, 1.54) is 0 Å². The number of aromatic nitrogens is 1. The molecule has 0 spiro atoms. The molecule has 1 aliphatic rings. The Hall–Kier alpha value is -1.25. The number of carbonyl (C=O) groups is 1. The minimum atomic E-state index is 0.229. The van der Waals surface area contributed by atoms with Gasteiger partial charge in [0.25, 0.3) is 0 Å². The van der Waals surface area contributed by atoms with E-state index in [1.807, 2.05) is 23.2 Å². The summed E-state index contributed by atoms with van der Waals surface area (Å²) in [6.07, 6.45) is 2.36. The first kappa shape index (κ1) is 6.46. The summed E-state index contributed by atoms with van der Waals surface area (Å²) in [5.41, 5.74) is 1.00. The largest absolute Gasteiger partial charge is 0.365 e. The predicted molar refractivity (Wildman–Crippen MR) is 41.1 cm³/mol. The van der Waals surface area contributed by atoms with Gasteiger partial charge in [-0.1, -0.05) is 0 Å². The van der Waals surface area contributed by atoms with Gasteiger partial charge in [0.2, 0.25) is 5.91 Å². The van der Waals surface area contributed by atoms with E-state index in [-0.39, 0.29) is 5.91 Å². The average Bonchev–Trinajstić information content (AvgIpc) is 2.73. The quantitative estimate of drug-likeness (QED) is 0.608. The van der Waals surface area contributed by atoms with Crippen molar-refractivity contribution in [3.05, 3.63) is 24.0 Å². The van der Waals surface area contributed by atoms with Crippen molar-refractivity contribution in [2.45, 2.75) is 6.42 Å². The third-order valence-corrected chi connectivity index (χ3v) is 1.80. The summed E-state index contributed by atoms with van der Waals surface area (Å²) in [6, 6.07) is 3.84. The normalized spacial score (nSPS) is 15.1. The van der Waals surface area contributed by atoms with Crippen LogP contribution in [0.2, 0.25) is 0 Å². The van der Waals surface area contributed by atoms with Crippen molar-refractivity contribution in [3.8, 4) is 0 Å². The lowest BCUT2D eigenvalue weighted by Crippen LogP contribution is -2.13. The molecular formula is C8H10N2O. The van der Waals surface area contributed by atoms with Crippen LogP contribution < -0.4 is 0 Å². The molecule has 0 unspecified atom stereocenters. The summed E-state index contributed by atoms with van der Waals surface area (Å²) in [7, 11) is 0. The molecule has 0 radical (unpaired) electrons. The fourth-order valence-electron chi connectivity index (χ4n) is 1.05. The summed E-state index contributed by atoms with van der Waals surface area (Å²) in [6.45, 7) is 1.89. The highest BCUT2D eigenvalue weighted by Gasteiger charge is 2.23. The maximum atomic E-state index is 11.2. The second-order valence-corrected chi connectivity index (χ2v) is 2.75. The lowest BCUT2D eigenvalue weighted by Gasteiger charge is -1.97. The van der Waals surface area contributed by atoms with Crippen LogP contribution in [0, 0.1) is 0 Å².